The standard InChI is InChI=1S/C10H10/c1-3-9-6-5-7-10(4-2)8-9/h3-8H,1-2H2. The van der Waals surface area contributed by atoms with Crippen molar-refractivity contribution in [2.24, 2.45) is 0 Å². The van der Waals surface area contributed by atoms with Crippen molar-refractivity contribution in [3.05, 3.63) is 48.6 Å². The van der Waals surface area contributed by atoms with Gasteiger partial charge in [-0.3, -0.25) is 0 Å². The molecule has 1 aromatic rings. The number of rotatable bonds is 2. The summed E-state index contributed by atoms with van der Waals surface area (Å²) in [5.41, 5.74) is 2.27. The molecule has 0 fully saturated rings. The van der Waals surface area contributed by atoms with Crippen LogP contribution in [-0.2, 0) is 0 Å². The zero-order chi connectivity index (χ0) is 7.40. The maximum Gasteiger partial charge on any atom is -0.0257 e. The molecule has 10 heavy (non-hydrogen) atoms. The van der Waals surface area contributed by atoms with Crippen molar-refractivity contribution < 1.29 is 0 Å². The highest BCUT2D eigenvalue weighted by Crippen LogP contribution is 2.06. The number of hydrogen-bond acceptors (Lipinski definition) is 0. The minimum Gasteiger partial charge on any atom is -0.0985 e. The molecule has 0 amide bonds. The van der Waals surface area contributed by atoms with Crippen molar-refractivity contribution in [2.75, 3.05) is 0 Å². The van der Waals surface area contributed by atoms with Crippen LogP contribution in [-0.4, -0.2) is 0 Å². The van der Waals surface area contributed by atoms with Crippen LogP contribution < -0.4 is 0 Å². The minimum absolute atomic E-state index is 1.14. The lowest BCUT2D eigenvalue weighted by Crippen LogP contribution is -1.72. The van der Waals surface area contributed by atoms with E-state index in [0.717, 1.165) is 11.1 Å². The van der Waals surface area contributed by atoms with Crippen molar-refractivity contribution >= 4 is 12.2 Å². The maximum absolute atomic E-state index is 3.67. The summed E-state index contributed by atoms with van der Waals surface area (Å²) in [6, 6.07) is 8.06. The molecule has 0 saturated carbocycles. The Morgan fingerprint density at radius 3 is 1.90 bits per heavy atom. The second-order valence-electron chi connectivity index (χ2n) is 2.08. The Morgan fingerprint density at radius 1 is 1.00 bits per heavy atom. The highest BCUT2D eigenvalue weighted by Gasteiger charge is 1.85. The lowest BCUT2D eigenvalue weighted by molar-refractivity contribution is 1.63. The highest BCUT2D eigenvalue weighted by molar-refractivity contribution is 5.55. The predicted octanol–water partition coefficient (Wildman–Crippen LogP) is 2.97. The fourth-order valence-corrected chi connectivity index (χ4v) is 0.813. The van der Waals surface area contributed by atoms with Gasteiger partial charge in [-0.25, -0.2) is 0 Å². The molecule has 50 valence electrons. The van der Waals surface area contributed by atoms with Gasteiger partial charge < -0.3 is 0 Å². The zero-order valence-electron chi connectivity index (χ0n) is 5.88. The van der Waals surface area contributed by atoms with Crippen molar-refractivity contribution in [3.8, 4) is 0 Å². The SMILES string of the molecule is C=Cc1cccc(C=C)c1. The molecule has 0 N–H and O–H groups in total. The largest absolute Gasteiger partial charge is 0.0985 e. The van der Waals surface area contributed by atoms with Gasteiger partial charge >= 0.3 is 0 Å². The Kier molecular flexibility index (Phi) is 2.06. The molecular formula is C10H10. The fourth-order valence-electron chi connectivity index (χ4n) is 0.813. The third-order valence-electron chi connectivity index (χ3n) is 1.38. The number of benzene rings is 1. The van der Waals surface area contributed by atoms with E-state index in [1.807, 2.05) is 36.4 Å². The summed E-state index contributed by atoms with van der Waals surface area (Å²) in [6.07, 6.45) is 3.65. The Bertz CT molecular complexity index is 223. The van der Waals surface area contributed by atoms with Crippen LogP contribution in [0.5, 0.6) is 0 Å². The molecule has 1 rings (SSSR count). The fraction of sp³-hybridized carbons (Fsp3) is 0. The third kappa shape index (κ3) is 1.35. The van der Waals surface area contributed by atoms with Crippen molar-refractivity contribution in [2.45, 2.75) is 0 Å². The summed E-state index contributed by atoms with van der Waals surface area (Å²) in [5, 5.41) is 0. The summed E-state index contributed by atoms with van der Waals surface area (Å²) in [7, 11) is 0. The highest BCUT2D eigenvalue weighted by atomic mass is 13.9. The number of hydrogen-bond donors (Lipinski definition) is 0. The summed E-state index contributed by atoms with van der Waals surface area (Å²) in [6.45, 7) is 7.34. The summed E-state index contributed by atoms with van der Waals surface area (Å²) < 4.78 is 0. The molecule has 0 aliphatic rings. The van der Waals surface area contributed by atoms with Gasteiger partial charge in [0.05, 0.1) is 0 Å². The van der Waals surface area contributed by atoms with Gasteiger partial charge in [0.25, 0.3) is 0 Å². The first-order valence-corrected chi connectivity index (χ1v) is 3.22. The Balaban J connectivity index is 3.09. The molecule has 0 aromatic heterocycles. The second-order valence-corrected chi connectivity index (χ2v) is 2.08. The van der Waals surface area contributed by atoms with E-state index in [9.17, 15) is 0 Å². The first kappa shape index (κ1) is 6.81. The van der Waals surface area contributed by atoms with E-state index in [0.29, 0.717) is 0 Å². The molecule has 0 spiro atoms. The predicted molar refractivity (Wildman–Crippen MR) is 46.6 cm³/mol. The topological polar surface area (TPSA) is 0 Å². The van der Waals surface area contributed by atoms with E-state index in [-0.39, 0.29) is 0 Å². The van der Waals surface area contributed by atoms with Crippen molar-refractivity contribution in [1.82, 2.24) is 0 Å². The molecular weight excluding hydrogens is 120 g/mol. The molecule has 0 radical (unpaired) electrons. The molecule has 0 atom stereocenters. The van der Waals surface area contributed by atoms with Crippen LogP contribution in [0.4, 0.5) is 0 Å². The third-order valence-corrected chi connectivity index (χ3v) is 1.38. The lowest BCUT2D eigenvalue weighted by atomic mass is 10.1. The quantitative estimate of drug-likeness (QED) is 0.577. The van der Waals surface area contributed by atoms with Crippen LogP contribution in [0.25, 0.3) is 12.2 Å². The van der Waals surface area contributed by atoms with Gasteiger partial charge in [0.1, 0.15) is 0 Å². The molecule has 0 saturated heterocycles. The maximum atomic E-state index is 3.67. The molecule has 0 bridgehead atoms. The van der Waals surface area contributed by atoms with E-state index in [1.165, 1.54) is 0 Å². The summed E-state index contributed by atoms with van der Waals surface area (Å²) in [5.74, 6) is 0. The molecule has 1 aromatic carbocycles. The Morgan fingerprint density at radius 2 is 1.50 bits per heavy atom. The van der Waals surface area contributed by atoms with Gasteiger partial charge in [-0.2, -0.15) is 0 Å². The van der Waals surface area contributed by atoms with E-state index >= 15 is 0 Å². The van der Waals surface area contributed by atoms with E-state index in [2.05, 4.69) is 13.2 Å². The molecule has 0 heterocycles. The van der Waals surface area contributed by atoms with Gasteiger partial charge in [0, 0.05) is 0 Å². The van der Waals surface area contributed by atoms with Crippen LogP contribution in [0.15, 0.2) is 37.4 Å². The van der Waals surface area contributed by atoms with E-state index in [4.69, 9.17) is 0 Å². The van der Waals surface area contributed by atoms with E-state index in [1.54, 1.807) is 0 Å². The molecule has 0 aliphatic heterocycles. The van der Waals surface area contributed by atoms with Gasteiger partial charge in [-0.05, 0) is 17.2 Å². The van der Waals surface area contributed by atoms with Gasteiger partial charge in [-0.1, -0.05) is 43.5 Å². The van der Waals surface area contributed by atoms with Crippen LogP contribution >= 0.6 is 0 Å². The molecule has 0 aliphatic carbocycles. The second kappa shape index (κ2) is 3.02. The van der Waals surface area contributed by atoms with Crippen LogP contribution in [0, 0.1) is 0 Å². The van der Waals surface area contributed by atoms with Crippen LogP contribution in [0.2, 0.25) is 0 Å². The average molecular weight is 130 g/mol. The van der Waals surface area contributed by atoms with Gasteiger partial charge in [-0.15, -0.1) is 0 Å². The Labute approximate surface area is 61.5 Å². The van der Waals surface area contributed by atoms with Gasteiger partial charge in [0.2, 0.25) is 0 Å². The molecule has 0 heteroatoms. The van der Waals surface area contributed by atoms with Crippen LogP contribution in [0.3, 0.4) is 0 Å². The average Bonchev–Trinajstić information content (AvgIpc) is 2.05. The normalized spacial score (nSPS) is 8.80. The van der Waals surface area contributed by atoms with E-state index < -0.39 is 0 Å². The Hall–Kier alpha value is -1.30. The van der Waals surface area contributed by atoms with Crippen molar-refractivity contribution in [1.29, 1.82) is 0 Å². The monoisotopic (exact) mass is 130 g/mol. The first-order valence-electron chi connectivity index (χ1n) is 3.22. The van der Waals surface area contributed by atoms with Gasteiger partial charge in [0.15, 0.2) is 0 Å². The minimum atomic E-state index is 1.14. The van der Waals surface area contributed by atoms with Crippen molar-refractivity contribution in [3.63, 3.8) is 0 Å². The molecule has 0 unspecified atom stereocenters. The summed E-state index contributed by atoms with van der Waals surface area (Å²) >= 11 is 0. The lowest BCUT2D eigenvalue weighted by Gasteiger charge is -1.93. The zero-order valence-corrected chi connectivity index (χ0v) is 5.88. The smallest absolute Gasteiger partial charge is 0.0257 e. The summed E-state index contributed by atoms with van der Waals surface area (Å²) in [4.78, 5) is 0. The van der Waals surface area contributed by atoms with Crippen LogP contribution in [0.1, 0.15) is 11.1 Å². The first-order chi connectivity index (χ1) is 4.86. The molecule has 0 nitrogen and oxygen atoms in total.